The minimum absolute atomic E-state index is 1.11. The molecule has 0 N–H and O–H groups in total. The first-order valence-corrected chi connectivity index (χ1v) is 15.4. The van der Waals surface area contributed by atoms with E-state index >= 15 is 0 Å². The van der Waals surface area contributed by atoms with Crippen LogP contribution in [0.4, 0.5) is 17.1 Å². The summed E-state index contributed by atoms with van der Waals surface area (Å²) in [6, 6.07) is 67.7. The van der Waals surface area contributed by atoms with Crippen LogP contribution in [0.5, 0.6) is 0 Å². The molecular weight excluding hydrogens is 542 g/mol. The fourth-order valence-corrected chi connectivity index (χ4v) is 6.47. The molecule has 0 unspecified atom stereocenters. The van der Waals surface area contributed by atoms with Crippen molar-refractivity contribution >= 4 is 38.6 Å². The Morgan fingerprint density at radius 2 is 0.822 bits per heavy atom. The number of anilines is 3. The fourth-order valence-electron chi connectivity index (χ4n) is 6.47. The summed E-state index contributed by atoms with van der Waals surface area (Å²) in [4.78, 5) is 2.44. The highest BCUT2D eigenvalue weighted by molar-refractivity contribution is 6.03. The third-order valence-corrected chi connectivity index (χ3v) is 8.66. The summed E-state index contributed by atoms with van der Waals surface area (Å²) in [5.41, 5.74) is 10.6. The van der Waals surface area contributed by atoms with Gasteiger partial charge in [0, 0.05) is 16.6 Å². The van der Waals surface area contributed by atoms with Gasteiger partial charge in [0.15, 0.2) is 0 Å². The van der Waals surface area contributed by atoms with Gasteiger partial charge in [-0.3, -0.25) is 0 Å². The van der Waals surface area contributed by atoms with Crippen LogP contribution in [-0.4, -0.2) is 0 Å². The Bertz CT molecular complexity index is 2240. The van der Waals surface area contributed by atoms with Crippen molar-refractivity contribution in [1.29, 1.82) is 0 Å². The molecule has 1 heteroatoms. The Morgan fingerprint density at radius 1 is 0.289 bits per heavy atom. The molecule has 8 rings (SSSR count). The molecule has 0 atom stereocenters. The lowest BCUT2D eigenvalue weighted by molar-refractivity contribution is 1.30. The quantitative estimate of drug-likeness (QED) is 0.191. The lowest BCUT2D eigenvalue weighted by atomic mass is 9.93. The summed E-state index contributed by atoms with van der Waals surface area (Å²) in [7, 11) is 0. The van der Waals surface area contributed by atoms with Crippen molar-refractivity contribution in [3.63, 3.8) is 0 Å². The molecule has 0 aromatic heterocycles. The van der Waals surface area contributed by atoms with Gasteiger partial charge in [-0.15, -0.1) is 0 Å². The maximum absolute atomic E-state index is 2.44. The smallest absolute Gasteiger partial charge is 0.0546 e. The molecule has 0 spiro atoms. The summed E-state index contributed by atoms with van der Waals surface area (Å²) in [6.45, 7) is 0. The zero-order valence-electron chi connectivity index (χ0n) is 24.8. The molecule has 45 heavy (non-hydrogen) atoms. The van der Waals surface area contributed by atoms with Gasteiger partial charge in [0.05, 0.1) is 11.4 Å². The van der Waals surface area contributed by atoms with E-state index in [-0.39, 0.29) is 0 Å². The van der Waals surface area contributed by atoms with Gasteiger partial charge in [-0.05, 0) is 68.2 Å². The van der Waals surface area contributed by atoms with E-state index < -0.39 is 0 Å². The lowest BCUT2D eigenvalue weighted by Gasteiger charge is -2.30. The van der Waals surface area contributed by atoms with Crippen LogP contribution in [0.25, 0.3) is 54.9 Å². The van der Waals surface area contributed by atoms with Crippen molar-refractivity contribution in [1.82, 2.24) is 0 Å². The minimum Gasteiger partial charge on any atom is -0.309 e. The predicted molar refractivity (Wildman–Crippen MR) is 192 cm³/mol. The summed E-state index contributed by atoms with van der Waals surface area (Å²) in [5, 5.41) is 4.92. The van der Waals surface area contributed by atoms with Crippen LogP contribution in [0.3, 0.4) is 0 Å². The molecule has 0 amide bonds. The number of benzene rings is 8. The van der Waals surface area contributed by atoms with Crippen LogP contribution in [0, 0.1) is 0 Å². The zero-order chi connectivity index (χ0) is 30.0. The van der Waals surface area contributed by atoms with Crippen molar-refractivity contribution in [2.24, 2.45) is 0 Å². The summed E-state index contributed by atoms with van der Waals surface area (Å²) in [6.07, 6.45) is 0. The molecule has 1 nitrogen and oxygen atoms in total. The van der Waals surface area contributed by atoms with Gasteiger partial charge in [-0.25, -0.2) is 0 Å². The zero-order valence-corrected chi connectivity index (χ0v) is 24.8. The molecule has 0 heterocycles. The molecule has 0 radical (unpaired) electrons. The van der Waals surface area contributed by atoms with Crippen molar-refractivity contribution < 1.29 is 0 Å². The maximum atomic E-state index is 2.44. The molecule has 0 aliphatic heterocycles. The first-order chi connectivity index (χ1) is 22.3. The third kappa shape index (κ3) is 5.05. The second-order valence-electron chi connectivity index (χ2n) is 11.4. The Labute approximate surface area is 264 Å². The fraction of sp³-hybridized carbons (Fsp3) is 0. The summed E-state index contributed by atoms with van der Waals surface area (Å²) < 4.78 is 0. The van der Waals surface area contributed by atoms with E-state index in [1.54, 1.807) is 0 Å². The van der Waals surface area contributed by atoms with Crippen LogP contribution in [0.1, 0.15) is 0 Å². The van der Waals surface area contributed by atoms with Crippen LogP contribution in [0.2, 0.25) is 0 Å². The lowest BCUT2D eigenvalue weighted by Crippen LogP contribution is -2.12. The second-order valence-corrected chi connectivity index (χ2v) is 11.4. The predicted octanol–water partition coefficient (Wildman–Crippen LogP) is 12.5. The van der Waals surface area contributed by atoms with Crippen molar-refractivity contribution in [2.75, 3.05) is 4.90 Å². The van der Waals surface area contributed by atoms with Gasteiger partial charge >= 0.3 is 0 Å². The first-order valence-electron chi connectivity index (χ1n) is 15.4. The van der Waals surface area contributed by atoms with E-state index in [1.165, 1.54) is 54.9 Å². The molecule has 0 saturated carbocycles. The number of rotatable bonds is 6. The highest BCUT2D eigenvalue weighted by atomic mass is 15.1. The normalized spacial score (nSPS) is 11.1. The van der Waals surface area contributed by atoms with Crippen molar-refractivity contribution in [3.8, 4) is 33.4 Å². The van der Waals surface area contributed by atoms with Gasteiger partial charge in [0.1, 0.15) is 0 Å². The number of hydrogen-bond donors (Lipinski definition) is 0. The second kappa shape index (κ2) is 11.6. The molecule has 8 aromatic rings. The van der Waals surface area contributed by atoms with Crippen LogP contribution >= 0.6 is 0 Å². The molecule has 0 fully saturated rings. The van der Waals surface area contributed by atoms with E-state index in [2.05, 4.69) is 193 Å². The van der Waals surface area contributed by atoms with Gasteiger partial charge < -0.3 is 4.90 Å². The SMILES string of the molecule is c1ccc(-c2ccc(N(c3cc(-c4cccc5ccccc45)ccc3-c3ccccc3)c3cccc4ccccc34)cc2)cc1. The average Bonchev–Trinajstić information content (AvgIpc) is 3.13. The summed E-state index contributed by atoms with van der Waals surface area (Å²) >= 11 is 0. The van der Waals surface area contributed by atoms with E-state index in [9.17, 15) is 0 Å². The van der Waals surface area contributed by atoms with E-state index in [4.69, 9.17) is 0 Å². The Balaban J connectivity index is 1.40. The molecular formula is C44H31N. The average molecular weight is 574 g/mol. The molecule has 212 valence electrons. The topological polar surface area (TPSA) is 3.24 Å². The molecule has 0 aliphatic rings. The van der Waals surface area contributed by atoms with Gasteiger partial charge in [-0.1, -0.05) is 164 Å². The van der Waals surface area contributed by atoms with Gasteiger partial charge in [-0.2, -0.15) is 0 Å². The Kier molecular flexibility index (Phi) is 6.90. The van der Waals surface area contributed by atoms with Crippen molar-refractivity contribution in [3.05, 3.63) is 188 Å². The summed E-state index contributed by atoms with van der Waals surface area (Å²) in [5.74, 6) is 0. The van der Waals surface area contributed by atoms with Gasteiger partial charge in [0.25, 0.3) is 0 Å². The number of hydrogen-bond acceptors (Lipinski definition) is 1. The largest absolute Gasteiger partial charge is 0.309 e. The third-order valence-electron chi connectivity index (χ3n) is 8.66. The molecule has 0 aliphatic carbocycles. The number of fused-ring (bicyclic) bond motifs is 2. The van der Waals surface area contributed by atoms with E-state index in [1.807, 2.05) is 0 Å². The monoisotopic (exact) mass is 573 g/mol. The van der Waals surface area contributed by atoms with Crippen LogP contribution in [0.15, 0.2) is 188 Å². The van der Waals surface area contributed by atoms with E-state index in [0.29, 0.717) is 0 Å². The Morgan fingerprint density at radius 3 is 1.56 bits per heavy atom. The van der Waals surface area contributed by atoms with Crippen molar-refractivity contribution in [2.45, 2.75) is 0 Å². The molecule has 8 aromatic carbocycles. The maximum Gasteiger partial charge on any atom is 0.0546 e. The Hall–Kier alpha value is -5.92. The highest BCUT2D eigenvalue weighted by Crippen LogP contribution is 2.45. The molecule has 0 bridgehead atoms. The molecule has 0 saturated heterocycles. The highest BCUT2D eigenvalue weighted by Gasteiger charge is 2.20. The number of nitrogens with zero attached hydrogens (tertiary/aromatic N) is 1. The standard InChI is InChI=1S/C44H31N/c1-3-13-32(14-4-1)33-25-28-38(29-26-33)45(43-24-12-20-36-18-8-10-22-41(36)43)44-31-37(27-30-42(44)35-15-5-2-6-16-35)40-23-11-19-34-17-7-9-21-39(34)40/h1-31H. The van der Waals surface area contributed by atoms with E-state index in [0.717, 1.165) is 17.1 Å². The first kappa shape index (κ1) is 26.7. The van der Waals surface area contributed by atoms with Gasteiger partial charge in [0.2, 0.25) is 0 Å². The van der Waals surface area contributed by atoms with Crippen LogP contribution in [-0.2, 0) is 0 Å². The van der Waals surface area contributed by atoms with Crippen LogP contribution < -0.4 is 4.90 Å². The minimum atomic E-state index is 1.11.